The molecule has 0 aliphatic heterocycles. The minimum atomic E-state index is -1.02. The minimum absolute atomic E-state index is 0.0535. The molecule has 88 valence electrons. The number of allylic oxidation sites excluding steroid dienone is 1. The van der Waals surface area contributed by atoms with E-state index in [-0.39, 0.29) is 5.69 Å². The van der Waals surface area contributed by atoms with Crippen LogP contribution in [0.1, 0.15) is 21.7 Å². The highest BCUT2D eigenvalue weighted by atomic mass is 16.4. The van der Waals surface area contributed by atoms with Crippen molar-refractivity contribution in [2.45, 2.75) is 6.42 Å². The van der Waals surface area contributed by atoms with E-state index in [0.29, 0.717) is 5.69 Å². The summed E-state index contributed by atoms with van der Waals surface area (Å²) >= 11 is 0. The summed E-state index contributed by atoms with van der Waals surface area (Å²) in [6, 6.07) is 7.20. The first-order chi connectivity index (χ1) is 8.75. The van der Waals surface area contributed by atoms with E-state index in [1.807, 2.05) is 24.3 Å². The van der Waals surface area contributed by atoms with Crippen LogP contribution in [0.4, 0.5) is 0 Å². The molecule has 0 unspecified atom stereocenters. The number of hydrogen-bond acceptors (Lipinski definition) is 3. The van der Waals surface area contributed by atoms with Crippen molar-refractivity contribution in [1.82, 2.24) is 9.97 Å². The fourth-order valence-electron chi connectivity index (χ4n) is 2.06. The maximum Gasteiger partial charge on any atom is 0.354 e. The number of fused-ring (bicyclic) bond motifs is 3. The van der Waals surface area contributed by atoms with Crippen molar-refractivity contribution < 1.29 is 9.90 Å². The summed E-state index contributed by atoms with van der Waals surface area (Å²) in [6.45, 7) is 0. The van der Waals surface area contributed by atoms with Gasteiger partial charge in [-0.15, -0.1) is 0 Å². The average molecular weight is 238 g/mol. The fraction of sp³-hybridized carbons (Fsp3) is 0.0714. The Kier molecular flexibility index (Phi) is 2.41. The van der Waals surface area contributed by atoms with E-state index in [9.17, 15) is 4.79 Å². The largest absolute Gasteiger partial charge is 0.477 e. The monoisotopic (exact) mass is 238 g/mol. The molecule has 1 N–H and O–H groups in total. The molecule has 2 heterocycles. The number of carboxylic acids is 1. The molecule has 0 amide bonds. The predicted octanol–water partition coefficient (Wildman–Crippen LogP) is 2.41. The van der Waals surface area contributed by atoms with E-state index in [1.165, 1.54) is 6.07 Å². The Morgan fingerprint density at radius 1 is 1.28 bits per heavy atom. The maximum atomic E-state index is 10.9. The Hall–Kier alpha value is -2.49. The third-order valence-corrected chi connectivity index (χ3v) is 2.90. The molecule has 0 bridgehead atoms. The molecule has 0 fully saturated rings. The number of rotatable bonds is 1. The van der Waals surface area contributed by atoms with Gasteiger partial charge in [0.05, 0.1) is 11.4 Å². The molecule has 2 aromatic heterocycles. The first kappa shape index (κ1) is 10.7. The van der Waals surface area contributed by atoms with Crippen molar-refractivity contribution in [2.24, 2.45) is 0 Å². The summed E-state index contributed by atoms with van der Waals surface area (Å²) in [4.78, 5) is 19.4. The van der Waals surface area contributed by atoms with E-state index in [2.05, 4.69) is 9.97 Å². The molecule has 0 saturated heterocycles. The number of hydrogen-bond donors (Lipinski definition) is 1. The SMILES string of the molecule is O=C(O)c1ccc2c(n1)C=CCc1cccnc1-2. The van der Waals surface area contributed by atoms with Gasteiger partial charge in [0.2, 0.25) is 0 Å². The zero-order valence-electron chi connectivity index (χ0n) is 9.50. The Morgan fingerprint density at radius 3 is 3.00 bits per heavy atom. The highest BCUT2D eigenvalue weighted by Gasteiger charge is 2.15. The number of carboxylic acid groups (broad SMARTS) is 1. The lowest BCUT2D eigenvalue weighted by Crippen LogP contribution is -2.02. The van der Waals surface area contributed by atoms with Gasteiger partial charge in [-0.1, -0.05) is 12.1 Å². The van der Waals surface area contributed by atoms with Gasteiger partial charge in [0, 0.05) is 11.8 Å². The smallest absolute Gasteiger partial charge is 0.354 e. The second kappa shape index (κ2) is 4.07. The zero-order valence-corrected chi connectivity index (χ0v) is 9.50. The van der Waals surface area contributed by atoms with Crippen LogP contribution >= 0.6 is 0 Å². The Labute approximate surface area is 104 Å². The van der Waals surface area contributed by atoms with Crippen LogP contribution in [0.2, 0.25) is 0 Å². The van der Waals surface area contributed by atoms with Gasteiger partial charge in [-0.25, -0.2) is 9.78 Å². The van der Waals surface area contributed by atoms with Crippen molar-refractivity contribution in [3.63, 3.8) is 0 Å². The minimum Gasteiger partial charge on any atom is -0.477 e. The van der Waals surface area contributed by atoms with Crippen LogP contribution in [0, 0.1) is 0 Å². The number of aromatic carboxylic acids is 1. The fourth-order valence-corrected chi connectivity index (χ4v) is 2.06. The third-order valence-electron chi connectivity index (χ3n) is 2.90. The van der Waals surface area contributed by atoms with Crippen molar-refractivity contribution in [3.05, 3.63) is 53.5 Å². The summed E-state index contributed by atoms with van der Waals surface area (Å²) in [5, 5.41) is 8.95. The first-order valence-electron chi connectivity index (χ1n) is 5.61. The molecular formula is C14H10N2O2. The molecule has 0 saturated carbocycles. The Balaban J connectivity index is 2.24. The summed E-state index contributed by atoms with van der Waals surface area (Å²) in [5.74, 6) is -1.02. The van der Waals surface area contributed by atoms with Gasteiger partial charge in [0.15, 0.2) is 0 Å². The van der Waals surface area contributed by atoms with Gasteiger partial charge in [-0.2, -0.15) is 0 Å². The highest BCUT2D eigenvalue weighted by molar-refractivity contribution is 5.87. The van der Waals surface area contributed by atoms with Crippen LogP contribution in [-0.2, 0) is 6.42 Å². The average Bonchev–Trinajstić information content (AvgIpc) is 2.57. The molecule has 0 radical (unpaired) electrons. The van der Waals surface area contributed by atoms with Crippen LogP contribution in [0.3, 0.4) is 0 Å². The Bertz CT molecular complexity index is 663. The van der Waals surface area contributed by atoms with Gasteiger partial charge >= 0.3 is 5.97 Å². The van der Waals surface area contributed by atoms with Gasteiger partial charge in [0.25, 0.3) is 0 Å². The number of aromatic nitrogens is 2. The normalized spacial score (nSPS) is 12.4. The van der Waals surface area contributed by atoms with E-state index in [1.54, 1.807) is 12.3 Å². The highest BCUT2D eigenvalue weighted by Crippen LogP contribution is 2.28. The van der Waals surface area contributed by atoms with Gasteiger partial charge in [-0.3, -0.25) is 4.98 Å². The molecule has 4 nitrogen and oxygen atoms in total. The van der Waals surface area contributed by atoms with Crippen LogP contribution in [0.15, 0.2) is 36.5 Å². The molecule has 0 spiro atoms. The van der Waals surface area contributed by atoms with E-state index in [4.69, 9.17) is 5.11 Å². The first-order valence-corrected chi connectivity index (χ1v) is 5.61. The molecule has 2 aromatic rings. The molecule has 0 atom stereocenters. The van der Waals surface area contributed by atoms with E-state index < -0.39 is 5.97 Å². The zero-order chi connectivity index (χ0) is 12.5. The predicted molar refractivity (Wildman–Crippen MR) is 67.2 cm³/mol. The lowest BCUT2D eigenvalue weighted by Gasteiger charge is -2.07. The summed E-state index contributed by atoms with van der Waals surface area (Å²) in [7, 11) is 0. The molecular weight excluding hydrogens is 228 g/mol. The molecule has 0 aromatic carbocycles. The number of nitrogens with zero attached hydrogens (tertiary/aromatic N) is 2. The summed E-state index contributed by atoms with van der Waals surface area (Å²) in [6.07, 6.45) is 6.34. The lowest BCUT2D eigenvalue weighted by atomic mass is 10.0. The van der Waals surface area contributed by atoms with Crippen molar-refractivity contribution in [2.75, 3.05) is 0 Å². The summed E-state index contributed by atoms with van der Waals surface area (Å²) in [5.41, 5.74) is 3.59. The van der Waals surface area contributed by atoms with Crippen molar-refractivity contribution >= 4 is 12.0 Å². The second-order valence-electron chi connectivity index (χ2n) is 4.05. The molecule has 18 heavy (non-hydrogen) atoms. The molecule has 1 aliphatic carbocycles. The van der Waals surface area contributed by atoms with Gasteiger partial charge in [0.1, 0.15) is 5.69 Å². The van der Waals surface area contributed by atoms with Gasteiger partial charge < -0.3 is 5.11 Å². The van der Waals surface area contributed by atoms with Crippen LogP contribution in [0.5, 0.6) is 0 Å². The Morgan fingerprint density at radius 2 is 2.17 bits per heavy atom. The quantitative estimate of drug-likeness (QED) is 0.828. The van der Waals surface area contributed by atoms with Gasteiger partial charge in [-0.05, 0) is 36.3 Å². The van der Waals surface area contributed by atoms with E-state index >= 15 is 0 Å². The molecule has 4 heteroatoms. The topological polar surface area (TPSA) is 63.1 Å². The maximum absolute atomic E-state index is 10.9. The van der Waals surface area contributed by atoms with Crippen molar-refractivity contribution in [3.8, 4) is 11.3 Å². The third kappa shape index (κ3) is 1.68. The standard InChI is InChI=1S/C14H10N2O2/c17-14(18)12-7-6-10-11(16-12)5-1-3-9-4-2-8-15-13(9)10/h1-2,4-8H,3H2,(H,17,18). The van der Waals surface area contributed by atoms with Crippen molar-refractivity contribution in [1.29, 1.82) is 0 Å². The number of pyridine rings is 2. The molecule has 1 aliphatic rings. The van der Waals surface area contributed by atoms with Crippen LogP contribution in [0.25, 0.3) is 17.3 Å². The lowest BCUT2D eigenvalue weighted by molar-refractivity contribution is 0.0690. The van der Waals surface area contributed by atoms with Crippen LogP contribution in [-0.4, -0.2) is 21.0 Å². The number of carbonyl (C=O) groups is 1. The summed E-state index contributed by atoms with van der Waals surface area (Å²) < 4.78 is 0. The molecule has 3 rings (SSSR count). The second-order valence-corrected chi connectivity index (χ2v) is 4.05. The van der Waals surface area contributed by atoms with E-state index in [0.717, 1.165) is 23.2 Å². The van der Waals surface area contributed by atoms with Crippen LogP contribution < -0.4 is 0 Å².